The van der Waals surface area contributed by atoms with E-state index < -0.39 is 17.2 Å². The van der Waals surface area contributed by atoms with Crippen molar-refractivity contribution in [3.63, 3.8) is 0 Å². The summed E-state index contributed by atoms with van der Waals surface area (Å²) in [6.07, 6.45) is 4.24. The molecular weight excluding hydrogens is 296 g/mol. The Morgan fingerprint density at radius 3 is 2.62 bits per heavy atom. The lowest BCUT2D eigenvalue weighted by molar-refractivity contribution is -0.122. The normalized spacial score (nSPS) is 17.9. The third-order valence-electron chi connectivity index (χ3n) is 3.85. The van der Waals surface area contributed by atoms with E-state index in [0.29, 0.717) is 28.2 Å². The van der Waals surface area contributed by atoms with Gasteiger partial charge in [0.2, 0.25) is 5.91 Å². The van der Waals surface area contributed by atoms with Gasteiger partial charge in [0.05, 0.1) is 15.8 Å². The molecule has 0 radical (unpaired) electrons. The number of aromatic nitrogens is 1. The zero-order valence-electron chi connectivity index (χ0n) is 11.3. The van der Waals surface area contributed by atoms with E-state index >= 15 is 0 Å². The van der Waals surface area contributed by atoms with Crippen LogP contribution in [0.4, 0.5) is 13.9 Å². The number of hydrogen-bond acceptors (Lipinski definition) is 4. The van der Waals surface area contributed by atoms with Crippen LogP contribution >= 0.6 is 11.3 Å². The van der Waals surface area contributed by atoms with Crippen molar-refractivity contribution in [2.75, 3.05) is 5.32 Å². The number of thiazole rings is 1. The number of fused-ring (bicyclic) bond motifs is 1. The Morgan fingerprint density at radius 1 is 1.24 bits per heavy atom. The number of hydrogen-bond donors (Lipinski definition) is 2. The summed E-state index contributed by atoms with van der Waals surface area (Å²) in [7, 11) is 0. The summed E-state index contributed by atoms with van der Waals surface area (Å²) in [5.41, 5.74) is 5.59. The van der Waals surface area contributed by atoms with E-state index in [1.54, 1.807) is 0 Å². The van der Waals surface area contributed by atoms with Crippen LogP contribution in [0.25, 0.3) is 10.2 Å². The van der Waals surface area contributed by atoms with Gasteiger partial charge in [-0.05, 0) is 18.9 Å². The summed E-state index contributed by atoms with van der Waals surface area (Å²) in [5, 5.41) is 2.99. The van der Waals surface area contributed by atoms with Gasteiger partial charge < -0.3 is 11.1 Å². The van der Waals surface area contributed by atoms with E-state index in [0.717, 1.165) is 42.7 Å². The fourth-order valence-electron chi connectivity index (χ4n) is 2.61. The number of amides is 1. The number of benzene rings is 1. The Labute approximate surface area is 124 Å². The van der Waals surface area contributed by atoms with Crippen LogP contribution < -0.4 is 11.1 Å². The lowest BCUT2D eigenvalue weighted by Crippen LogP contribution is -2.52. The van der Waals surface area contributed by atoms with Gasteiger partial charge >= 0.3 is 0 Å². The number of rotatable bonds is 2. The molecule has 1 saturated carbocycles. The summed E-state index contributed by atoms with van der Waals surface area (Å²) in [6.45, 7) is 0. The van der Waals surface area contributed by atoms with Crippen molar-refractivity contribution in [2.45, 2.75) is 37.6 Å². The molecular formula is C14H15F2N3OS. The Kier molecular flexibility index (Phi) is 3.62. The third kappa shape index (κ3) is 2.75. The highest BCUT2D eigenvalue weighted by molar-refractivity contribution is 7.22. The van der Waals surface area contributed by atoms with E-state index in [2.05, 4.69) is 10.3 Å². The van der Waals surface area contributed by atoms with Crippen molar-refractivity contribution in [3.8, 4) is 0 Å². The van der Waals surface area contributed by atoms with Crippen molar-refractivity contribution in [1.82, 2.24) is 4.98 Å². The lowest BCUT2D eigenvalue weighted by atomic mass is 9.82. The van der Waals surface area contributed by atoms with Crippen LogP contribution in [-0.4, -0.2) is 16.4 Å². The molecule has 1 heterocycles. The maximum Gasteiger partial charge on any atom is 0.246 e. The molecule has 1 aromatic heterocycles. The molecule has 2 aromatic rings. The number of nitrogens with zero attached hydrogens (tertiary/aromatic N) is 1. The molecule has 3 rings (SSSR count). The zero-order chi connectivity index (χ0) is 15.0. The predicted octanol–water partition coefficient (Wildman–Crippen LogP) is 3.17. The number of carbonyl (C=O) groups is 1. The van der Waals surface area contributed by atoms with Crippen LogP contribution in [0.1, 0.15) is 32.1 Å². The average Bonchev–Trinajstić information content (AvgIpc) is 2.81. The highest BCUT2D eigenvalue weighted by Gasteiger charge is 2.35. The number of nitrogens with two attached hydrogens (primary N) is 1. The molecule has 0 aliphatic heterocycles. The van der Waals surface area contributed by atoms with Gasteiger partial charge in [-0.15, -0.1) is 0 Å². The Bertz CT molecular complexity index is 656. The van der Waals surface area contributed by atoms with E-state index in [1.165, 1.54) is 0 Å². The first kappa shape index (κ1) is 14.3. The van der Waals surface area contributed by atoms with Gasteiger partial charge in [0.25, 0.3) is 0 Å². The van der Waals surface area contributed by atoms with Crippen molar-refractivity contribution >= 4 is 32.6 Å². The quantitative estimate of drug-likeness (QED) is 0.895. The second-order valence-electron chi connectivity index (χ2n) is 5.42. The second-order valence-corrected chi connectivity index (χ2v) is 6.45. The molecule has 1 aliphatic rings. The molecule has 1 aliphatic carbocycles. The van der Waals surface area contributed by atoms with E-state index in [-0.39, 0.29) is 5.91 Å². The molecule has 0 unspecified atom stereocenters. The average molecular weight is 311 g/mol. The summed E-state index contributed by atoms with van der Waals surface area (Å²) >= 11 is 1.11. The third-order valence-corrected chi connectivity index (χ3v) is 4.78. The van der Waals surface area contributed by atoms with Crippen LogP contribution in [0, 0.1) is 11.6 Å². The number of halogens is 2. The Hall–Kier alpha value is -1.60. The van der Waals surface area contributed by atoms with Gasteiger partial charge in [0.1, 0.15) is 0 Å². The molecule has 7 heteroatoms. The van der Waals surface area contributed by atoms with Crippen LogP contribution in [-0.2, 0) is 4.79 Å². The van der Waals surface area contributed by atoms with Crippen molar-refractivity contribution in [2.24, 2.45) is 5.73 Å². The second kappa shape index (κ2) is 5.31. The van der Waals surface area contributed by atoms with Crippen LogP contribution in [0.15, 0.2) is 12.1 Å². The molecule has 0 spiro atoms. The van der Waals surface area contributed by atoms with Crippen LogP contribution in [0.3, 0.4) is 0 Å². The van der Waals surface area contributed by atoms with Crippen molar-refractivity contribution < 1.29 is 13.6 Å². The molecule has 0 bridgehead atoms. The smallest absolute Gasteiger partial charge is 0.246 e. The van der Waals surface area contributed by atoms with Crippen LogP contribution in [0.2, 0.25) is 0 Å². The monoisotopic (exact) mass is 311 g/mol. The number of nitrogens with one attached hydrogen (secondary N) is 1. The molecule has 112 valence electrons. The minimum Gasteiger partial charge on any atom is -0.317 e. The SMILES string of the molecule is NC1(C(=O)Nc2nc3cc(F)c(F)cc3s2)CCCCC1. The summed E-state index contributed by atoms with van der Waals surface area (Å²) in [5.74, 6) is -2.15. The highest BCUT2D eigenvalue weighted by Crippen LogP contribution is 2.30. The highest BCUT2D eigenvalue weighted by atomic mass is 32.1. The van der Waals surface area contributed by atoms with Gasteiger partial charge in [0, 0.05) is 6.07 Å². The molecule has 0 saturated heterocycles. The molecule has 4 nitrogen and oxygen atoms in total. The van der Waals surface area contributed by atoms with Gasteiger partial charge in [-0.1, -0.05) is 30.6 Å². The molecule has 21 heavy (non-hydrogen) atoms. The Morgan fingerprint density at radius 2 is 1.90 bits per heavy atom. The maximum absolute atomic E-state index is 13.2. The molecule has 1 aromatic carbocycles. The minimum absolute atomic E-state index is 0.276. The zero-order valence-corrected chi connectivity index (χ0v) is 12.1. The largest absolute Gasteiger partial charge is 0.317 e. The molecule has 1 amide bonds. The van der Waals surface area contributed by atoms with Gasteiger partial charge in [0.15, 0.2) is 16.8 Å². The topological polar surface area (TPSA) is 68.0 Å². The first-order valence-corrected chi connectivity index (χ1v) is 7.65. The van der Waals surface area contributed by atoms with Crippen molar-refractivity contribution in [1.29, 1.82) is 0 Å². The maximum atomic E-state index is 13.2. The number of anilines is 1. The first-order chi connectivity index (χ1) is 9.98. The lowest BCUT2D eigenvalue weighted by Gasteiger charge is -2.31. The molecule has 1 fully saturated rings. The van der Waals surface area contributed by atoms with E-state index in [9.17, 15) is 13.6 Å². The fourth-order valence-corrected chi connectivity index (χ4v) is 3.48. The van der Waals surface area contributed by atoms with Gasteiger partial charge in [-0.2, -0.15) is 0 Å². The summed E-state index contributed by atoms with van der Waals surface area (Å²) < 4.78 is 26.8. The number of carbonyl (C=O) groups excluding carboxylic acids is 1. The van der Waals surface area contributed by atoms with Gasteiger partial charge in [-0.25, -0.2) is 13.8 Å². The molecule has 3 N–H and O–H groups in total. The molecule has 0 atom stereocenters. The van der Waals surface area contributed by atoms with Gasteiger partial charge in [-0.3, -0.25) is 4.79 Å². The van der Waals surface area contributed by atoms with Crippen LogP contribution in [0.5, 0.6) is 0 Å². The summed E-state index contributed by atoms with van der Waals surface area (Å²) in [6, 6.07) is 2.10. The predicted molar refractivity (Wildman–Crippen MR) is 78.2 cm³/mol. The standard InChI is InChI=1S/C14H15F2N3OS/c15-8-6-10-11(7-9(8)16)21-13(18-10)19-12(20)14(17)4-2-1-3-5-14/h6-7H,1-5,17H2,(H,18,19,20). The fraction of sp³-hybridized carbons (Fsp3) is 0.429. The van der Waals surface area contributed by atoms with E-state index in [4.69, 9.17) is 5.73 Å². The first-order valence-electron chi connectivity index (χ1n) is 6.84. The Balaban J connectivity index is 1.83. The minimum atomic E-state index is -0.951. The van der Waals surface area contributed by atoms with E-state index in [1.807, 2.05) is 0 Å². The summed E-state index contributed by atoms with van der Waals surface area (Å²) in [4.78, 5) is 16.4. The van der Waals surface area contributed by atoms with Crippen molar-refractivity contribution in [3.05, 3.63) is 23.8 Å².